The van der Waals surface area contributed by atoms with Gasteiger partial charge in [-0.1, -0.05) is 0 Å². The zero-order chi connectivity index (χ0) is 28.8. The number of hydrogen-bond acceptors (Lipinski definition) is 8. The van der Waals surface area contributed by atoms with E-state index in [-0.39, 0.29) is 31.2 Å². The number of hydrogen-bond donors (Lipinski definition) is 3. The van der Waals surface area contributed by atoms with Crippen LogP contribution in [0.15, 0.2) is 23.3 Å². The van der Waals surface area contributed by atoms with Gasteiger partial charge in [-0.25, -0.2) is 10.1 Å². The molecule has 1 amide bonds. The van der Waals surface area contributed by atoms with Crippen LogP contribution in [-0.4, -0.2) is 78.0 Å². The predicted octanol–water partition coefficient (Wildman–Crippen LogP) is 3.19. The first kappa shape index (κ1) is 30.0. The summed E-state index contributed by atoms with van der Waals surface area (Å²) in [4.78, 5) is 31.6. The molecule has 0 spiro atoms. The molecule has 1 aliphatic heterocycles. The Morgan fingerprint density at radius 1 is 1.10 bits per heavy atom. The van der Waals surface area contributed by atoms with Crippen LogP contribution in [0.2, 0.25) is 0 Å². The Morgan fingerprint density at radius 2 is 1.79 bits per heavy atom. The topological polar surface area (TPSA) is 115 Å². The Balaban J connectivity index is 1.46. The molecule has 0 bridgehead atoms. The predicted molar refractivity (Wildman–Crippen MR) is 131 cm³/mol. The maximum absolute atomic E-state index is 13.2. The van der Waals surface area contributed by atoms with Gasteiger partial charge in [-0.05, 0) is 19.9 Å². The molecule has 39 heavy (non-hydrogen) atoms. The normalized spacial score (nSPS) is 15.3. The van der Waals surface area contributed by atoms with Gasteiger partial charge in [-0.3, -0.25) is 9.59 Å². The first-order valence-electron chi connectivity index (χ1n) is 12.1. The average molecular weight is 566 g/mol. The number of halogens is 6. The number of pyridine rings is 1. The molecule has 0 aromatic carbocycles. The molecule has 3 N–H and O–H groups in total. The molecule has 1 atom stereocenters. The van der Waals surface area contributed by atoms with Crippen molar-refractivity contribution in [2.24, 2.45) is 0 Å². The van der Waals surface area contributed by atoms with Crippen LogP contribution in [0.25, 0.3) is 0 Å². The van der Waals surface area contributed by atoms with Gasteiger partial charge in [-0.15, -0.1) is 0 Å². The summed E-state index contributed by atoms with van der Waals surface area (Å²) in [5, 5.41) is 10.6. The van der Waals surface area contributed by atoms with Gasteiger partial charge in [-0.2, -0.15) is 31.4 Å². The summed E-state index contributed by atoms with van der Waals surface area (Å²) >= 11 is 0. The van der Waals surface area contributed by atoms with Crippen molar-refractivity contribution in [2.75, 3.05) is 61.5 Å². The molecule has 1 saturated heterocycles. The Bertz CT molecular complexity index is 1180. The maximum Gasteiger partial charge on any atom is 0.423 e. The molecule has 2 aromatic rings. The Labute approximate surface area is 219 Å². The van der Waals surface area contributed by atoms with E-state index in [2.05, 4.69) is 20.7 Å². The number of rotatable bonds is 10. The monoisotopic (exact) mass is 565 g/mol. The molecule has 0 aliphatic carbocycles. The molecular formula is C23H29F6N7O3. The van der Waals surface area contributed by atoms with Crippen LogP contribution in [0.1, 0.15) is 31.4 Å². The van der Waals surface area contributed by atoms with Crippen LogP contribution in [-0.2, 0) is 21.9 Å². The van der Waals surface area contributed by atoms with E-state index >= 15 is 0 Å². The summed E-state index contributed by atoms with van der Waals surface area (Å²) in [5.74, 6) is 0.187. The third kappa shape index (κ3) is 7.97. The highest BCUT2D eigenvalue weighted by Gasteiger charge is 2.37. The van der Waals surface area contributed by atoms with E-state index in [1.807, 2.05) is 4.90 Å². The molecule has 2 aromatic heterocycles. The third-order valence-electron chi connectivity index (χ3n) is 5.86. The van der Waals surface area contributed by atoms with Crippen LogP contribution in [0.5, 0.6) is 0 Å². The summed E-state index contributed by atoms with van der Waals surface area (Å²) < 4.78 is 84.1. The number of alkyl halides is 6. The molecule has 0 unspecified atom stereocenters. The maximum atomic E-state index is 13.2. The fraction of sp³-hybridized carbons (Fsp3) is 0.565. The average Bonchev–Trinajstić information content (AvgIpc) is 2.85. The van der Waals surface area contributed by atoms with Crippen molar-refractivity contribution in [3.63, 3.8) is 0 Å². The second-order valence-electron chi connectivity index (χ2n) is 8.85. The number of piperazine rings is 1. The number of ether oxygens (including phenoxy) is 1. The van der Waals surface area contributed by atoms with E-state index in [1.54, 1.807) is 23.8 Å². The van der Waals surface area contributed by atoms with E-state index in [9.17, 15) is 35.9 Å². The van der Waals surface area contributed by atoms with Crippen molar-refractivity contribution in [1.82, 2.24) is 20.1 Å². The summed E-state index contributed by atoms with van der Waals surface area (Å²) in [5.41, 5.74) is -3.81. The lowest BCUT2D eigenvalue weighted by atomic mass is 10.2. The highest BCUT2D eigenvalue weighted by atomic mass is 19.4. The number of anilines is 3. The number of carbonyl (C=O) groups excluding carboxylic acids is 1. The third-order valence-corrected chi connectivity index (χ3v) is 5.86. The van der Waals surface area contributed by atoms with Crippen LogP contribution in [0.4, 0.5) is 43.5 Å². The van der Waals surface area contributed by atoms with Crippen LogP contribution in [0.3, 0.4) is 0 Å². The first-order valence-corrected chi connectivity index (χ1v) is 12.1. The summed E-state index contributed by atoms with van der Waals surface area (Å²) in [7, 11) is 0. The van der Waals surface area contributed by atoms with Crippen LogP contribution in [0, 0.1) is 0 Å². The van der Waals surface area contributed by atoms with Gasteiger partial charge >= 0.3 is 12.4 Å². The molecule has 1 fully saturated rings. The SMILES string of the molecule is CCNc1cc(C(F)(F)F)cnc1N1CCN(C(=O)CCOC[C@H](C)Nc2cn[nH]c(=O)c2C(F)(F)F)CC1. The van der Waals surface area contributed by atoms with Crippen molar-refractivity contribution in [1.29, 1.82) is 0 Å². The summed E-state index contributed by atoms with van der Waals surface area (Å²) in [6.45, 7) is 5.13. The minimum Gasteiger partial charge on any atom is -0.382 e. The van der Waals surface area contributed by atoms with Crippen molar-refractivity contribution in [3.05, 3.63) is 39.9 Å². The molecule has 0 radical (unpaired) electrons. The van der Waals surface area contributed by atoms with Crippen LogP contribution < -0.4 is 21.1 Å². The number of H-pyrrole nitrogens is 1. The van der Waals surface area contributed by atoms with Gasteiger partial charge < -0.3 is 25.2 Å². The summed E-state index contributed by atoms with van der Waals surface area (Å²) in [6, 6.07) is 0.405. The molecule has 1 aliphatic rings. The molecule has 3 rings (SSSR count). The Morgan fingerprint density at radius 3 is 2.41 bits per heavy atom. The van der Waals surface area contributed by atoms with Crippen molar-refractivity contribution >= 4 is 23.1 Å². The van der Waals surface area contributed by atoms with Crippen molar-refractivity contribution < 1.29 is 35.9 Å². The minimum atomic E-state index is -4.87. The van der Waals surface area contributed by atoms with Gasteiger partial charge in [0.15, 0.2) is 5.82 Å². The molecule has 16 heteroatoms. The summed E-state index contributed by atoms with van der Waals surface area (Å²) in [6.07, 6.45) is -7.69. The van der Waals surface area contributed by atoms with E-state index in [1.165, 1.54) is 0 Å². The van der Waals surface area contributed by atoms with E-state index in [0.717, 1.165) is 18.5 Å². The van der Waals surface area contributed by atoms with Gasteiger partial charge in [0.25, 0.3) is 5.56 Å². The fourth-order valence-electron chi connectivity index (χ4n) is 4.03. The Hall–Kier alpha value is -3.56. The lowest BCUT2D eigenvalue weighted by Crippen LogP contribution is -2.49. The van der Waals surface area contributed by atoms with Crippen molar-refractivity contribution in [3.8, 4) is 0 Å². The molecule has 3 heterocycles. The second-order valence-corrected chi connectivity index (χ2v) is 8.85. The number of aromatic nitrogens is 3. The first-order chi connectivity index (χ1) is 18.3. The number of nitrogens with one attached hydrogen (secondary N) is 3. The van der Waals surface area contributed by atoms with Gasteiger partial charge in [0.1, 0.15) is 5.56 Å². The zero-order valence-electron chi connectivity index (χ0n) is 21.2. The van der Waals surface area contributed by atoms with Gasteiger partial charge in [0.05, 0.1) is 42.8 Å². The van der Waals surface area contributed by atoms with E-state index < -0.39 is 40.8 Å². The molecule has 216 valence electrons. The van der Waals surface area contributed by atoms with E-state index in [4.69, 9.17) is 4.74 Å². The minimum absolute atomic E-state index is 0.0237. The lowest BCUT2D eigenvalue weighted by Gasteiger charge is -2.36. The van der Waals surface area contributed by atoms with Crippen molar-refractivity contribution in [2.45, 2.75) is 38.7 Å². The quantitative estimate of drug-likeness (QED) is 0.297. The van der Waals surface area contributed by atoms with Crippen LogP contribution >= 0.6 is 0 Å². The standard InChI is InChI=1S/C23H29F6N7O3/c1-3-30-16-10-15(22(24,25)26)11-31-20(16)36-7-5-35(6-8-36)18(37)4-9-39-13-14(2)33-17-12-32-34-21(38)19(17)23(27,28)29/h10-12,14,30H,3-9,13H2,1-2H3,(H2,33,34,38)/t14-/m0/s1. The number of amides is 1. The fourth-order valence-corrected chi connectivity index (χ4v) is 4.03. The second kappa shape index (κ2) is 12.5. The highest BCUT2D eigenvalue weighted by molar-refractivity contribution is 5.77. The lowest BCUT2D eigenvalue weighted by molar-refractivity contribution is -0.138. The molecular weight excluding hydrogens is 536 g/mol. The van der Waals surface area contributed by atoms with E-state index in [0.29, 0.717) is 38.5 Å². The smallest absolute Gasteiger partial charge is 0.382 e. The number of nitrogens with zero attached hydrogens (tertiary/aromatic N) is 4. The molecule has 10 nitrogen and oxygen atoms in total. The Kier molecular flexibility index (Phi) is 9.63. The number of carbonyl (C=O) groups is 1. The number of aromatic amines is 1. The largest absolute Gasteiger partial charge is 0.423 e. The van der Waals surface area contributed by atoms with Gasteiger partial charge in [0, 0.05) is 45.0 Å². The highest BCUT2D eigenvalue weighted by Crippen LogP contribution is 2.34. The molecule has 0 saturated carbocycles. The zero-order valence-corrected chi connectivity index (χ0v) is 21.2. The van der Waals surface area contributed by atoms with Gasteiger partial charge in [0.2, 0.25) is 5.91 Å².